The number of hydrogen-bond acceptors (Lipinski definition) is 7. The molecule has 1 aliphatic rings. The van der Waals surface area contributed by atoms with Crippen molar-refractivity contribution in [3.05, 3.63) is 37.1 Å². The van der Waals surface area contributed by atoms with Crippen molar-refractivity contribution < 1.29 is 21.9 Å². The maximum absolute atomic E-state index is 12.0. The largest absolute Gasteiger partial charge is 0.514 e. The van der Waals surface area contributed by atoms with Gasteiger partial charge in [-0.05, 0) is 39.8 Å². The van der Waals surface area contributed by atoms with Gasteiger partial charge < -0.3 is 13.5 Å². The van der Waals surface area contributed by atoms with Gasteiger partial charge in [-0.1, -0.05) is 0 Å². The van der Waals surface area contributed by atoms with Gasteiger partial charge in [0.25, 0.3) is 0 Å². The van der Waals surface area contributed by atoms with Crippen LogP contribution in [0.15, 0.2) is 37.1 Å². The first-order valence-corrected chi connectivity index (χ1v) is 8.72. The average molecular weight is 351 g/mol. The lowest BCUT2D eigenvalue weighted by atomic mass is 9.84. The zero-order chi connectivity index (χ0) is 17.6. The van der Waals surface area contributed by atoms with Crippen molar-refractivity contribution in [3.63, 3.8) is 0 Å². The molecule has 0 unspecified atom stereocenters. The molecule has 2 aromatic heterocycles. The van der Waals surface area contributed by atoms with Gasteiger partial charge in [0.15, 0.2) is 5.75 Å². The van der Waals surface area contributed by atoms with Crippen molar-refractivity contribution in [2.45, 2.75) is 38.9 Å². The Hall–Kier alpha value is -1.91. The topological polar surface area (TPSA) is 92.5 Å². The van der Waals surface area contributed by atoms with Crippen LogP contribution in [0, 0.1) is 0 Å². The number of nitrogens with zero attached hydrogens (tertiary/aromatic N) is 3. The monoisotopic (exact) mass is 351 g/mol. The molecule has 128 valence electrons. The standard InChI is InChI=1S/C14H18BN3O5S/c1-13(2)14(3,4)23-15(22-13)12-6-5-11(9-17-12)21-24(19,20)18-8-7-16-10-18/h5-10H,1-4H3. The van der Waals surface area contributed by atoms with E-state index in [1.165, 1.54) is 24.7 Å². The molecule has 0 atom stereocenters. The molecule has 0 bridgehead atoms. The highest BCUT2D eigenvalue weighted by Gasteiger charge is 2.52. The van der Waals surface area contributed by atoms with E-state index in [0.29, 0.717) is 5.59 Å². The van der Waals surface area contributed by atoms with Crippen molar-refractivity contribution in [3.8, 4) is 5.75 Å². The minimum Gasteiger partial charge on any atom is -0.398 e. The van der Waals surface area contributed by atoms with Crippen LogP contribution in [-0.4, -0.2) is 40.7 Å². The zero-order valence-corrected chi connectivity index (χ0v) is 14.6. The Morgan fingerprint density at radius 2 is 1.83 bits per heavy atom. The lowest BCUT2D eigenvalue weighted by Gasteiger charge is -2.32. The van der Waals surface area contributed by atoms with Crippen molar-refractivity contribution in [2.75, 3.05) is 0 Å². The van der Waals surface area contributed by atoms with Crippen LogP contribution in [0.1, 0.15) is 27.7 Å². The molecule has 8 nitrogen and oxygen atoms in total. The number of imidazole rings is 1. The third-order valence-electron chi connectivity index (χ3n) is 4.19. The molecule has 3 heterocycles. The summed E-state index contributed by atoms with van der Waals surface area (Å²) in [6, 6.07) is 3.11. The minimum atomic E-state index is -3.99. The highest BCUT2D eigenvalue weighted by molar-refractivity contribution is 7.85. The summed E-state index contributed by atoms with van der Waals surface area (Å²) in [4.78, 5) is 7.87. The molecule has 0 saturated carbocycles. The Kier molecular flexibility index (Phi) is 3.93. The first-order valence-electron chi connectivity index (χ1n) is 7.35. The maximum atomic E-state index is 12.0. The van der Waals surface area contributed by atoms with Crippen LogP contribution in [-0.2, 0) is 19.6 Å². The number of hydrogen-bond donors (Lipinski definition) is 0. The highest BCUT2D eigenvalue weighted by Crippen LogP contribution is 2.36. The zero-order valence-electron chi connectivity index (χ0n) is 13.8. The van der Waals surface area contributed by atoms with Crippen LogP contribution in [0.4, 0.5) is 0 Å². The second-order valence-corrected chi connectivity index (χ2v) is 7.88. The molecule has 0 N–H and O–H groups in total. The molecule has 1 saturated heterocycles. The Labute approximate surface area is 141 Å². The predicted octanol–water partition coefficient (Wildman–Crippen LogP) is 0.749. The Morgan fingerprint density at radius 3 is 2.33 bits per heavy atom. The summed E-state index contributed by atoms with van der Waals surface area (Å²) in [6.07, 6.45) is 5.08. The molecular formula is C14H18BN3O5S. The van der Waals surface area contributed by atoms with E-state index >= 15 is 0 Å². The Balaban J connectivity index is 1.75. The number of aromatic nitrogens is 3. The summed E-state index contributed by atoms with van der Waals surface area (Å²) in [6.45, 7) is 7.79. The molecule has 0 aliphatic carbocycles. The first-order chi connectivity index (χ1) is 11.1. The van der Waals surface area contributed by atoms with Crippen LogP contribution in [0.2, 0.25) is 0 Å². The van der Waals surface area contributed by atoms with E-state index in [2.05, 4.69) is 9.97 Å². The van der Waals surface area contributed by atoms with E-state index in [1.807, 2.05) is 27.7 Å². The highest BCUT2D eigenvalue weighted by atomic mass is 32.2. The van der Waals surface area contributed by atoms with Crippen LogP contribution in [0.25, 0.3) is 0 Å². The van der Waals surface area contributed by atoms with Crippen molar-refractivity contribution in [1.29, 1.82) is 0 Å². The van der Waals surface area contributed by atoms with Crippen LogP contribution >= 0.6 is 0 Å². The fraction of sp³-hybridized carbons (Fsp3) is 0.429. The van der Waals surface area contributed by atoms with Gasteiger partial charge in [0.1, 0.15) is 6.33 Å². The molecule has 2 aromatic rings. The van der Waals surface area contributed by atoms with Gasteiger partial charge in [-0.25, -0.2) is 8.96 Å². The van der Waals surface area contributed by atoms with E-state index in [1.54, 1.807) is 6.07 Å². The van der Waals surface area contributed by atoms with E-state index < -0.39 is 28.6 Å². The van der Waals surface area contributed by atoms with Gasteiger partial charge in [-0.3, -0.25) is 4.98 Å². The van der Waals surface area contributed by atoms with E-state index in [-0.39, 0.29) is 5.75 Å². The second kappa shape index (κ2) is 5.57. The smallest absolute Gasteiger partial charge is 0.398 e. The molecule has 1 aliphatic heterocycles. The second-order valence-electron chi connectivity index (χ2n) is 6.44. The van der Waals surface area contributed by atoms with Gasteiger partial charge in [0.05, 0.1) is 23.0 Å². The molecule has 3 rings (SSSR count). The summed E-state index contributed by atoms with van der Waals surface area (Å²) >= 11 is 0. The number of pyridine rings is 1. The van der Waals surface area contributed by atoms with Gasteiger partial charge in [0.2, 0.25) is 0 Å². The van der Waals surface area contributed by atoms with E-state index in [4.69, 9.17) is 13.5 Å². The van der Waals surface area contributed by atoms with Crippen molar-refractivity contribution in [1.82, 2.24) is 13.9 Å². The van der Waals surface area contributed by atoms with Crippen LogP contribution in [0.5, 0.6) is 5.75 Å². The summed E-state index contributed by atoms with van der Waals surface area (Å²) in [5, 5.41) is 0. The Morgan fingerprint density at radius 1 is 1.17 bits per heavy atom. The van der Waals surface area contributed by atoms with Crippen LogP contribution in [0.3, 0.4) is 0 Å². The third kappa shape index (κ3) is 3.04. The lowest BCUT2D eigenvalue weighted by Crippen LogP contribution is -2.41. The lowest BCUT2D eigenvalue weighted by molar-refractivity contribution is 0.00578. The van der Waals surface area contributed by atoms with Gasteiger partial charge in [-0.2, -0.15) is 8.42 Å². The summed E-state index contributed by atoms with van der Waals surface area (Å²) in [7, 11) is -4.60. The van der Waals surface area contributed by atoms with E-state index in [9.17, 15) is 8.42 Å². The maximum Gasteiger partial charge on any atom is 0.514 e. The summed E-state index contributed by atoms with van der Waals surface area (Å²) < 4.78 is 41.6. The van der Waals surface area contributed by atoms with Crippen molar-refractivity contribution in [2.24, 2.45) is 0 Å². The van der Waals surface area contributed by atoms with Gasteiger partial charge in [0, 0.05) is 12.4 Å². The molecule has 0 spiro atoms. The molecule has 0 radical (unpaired) electrons. The van der Waals surface area contributed by atoms with E-state index in [0.717, 1.165) is 10.3 Å². The summed E-state index contributed by atoms with van der Waals surface area (Å²) in [5.41, 5.74) is -0.403. The molecular weight excluding hydrogens is 333 g/mol. The van der Waals surface area contributed by atoms with Gasteiger partial charge in [-0.15, -0.1) is 0 Å². The van der Waals surface area contributed by atoms with Crippen LogP contribution < -0.4 is 9.78 Å². The number of rotatable bonds is 4. The Bertz CT molecular complexity index is 803. The first kappa shape index (κ1) is 16.9. The van der Waals surface area contributed by atoms with Gasteiger partial charge >= 0.3 is 17.4 Å². The minimum absolute atomic E-state index is 0.0870. The predicted molar refractivity (Wildman–Crippen MR) is 87.1 cm³/mol. The quantitative estimate of drug-likeness (QED) is 0.751. The molecule has 10 heteroatoms. The SMILES string of the molecule is CC1(C)OB(c2ccc(OS(=O)(=O)n3ccnc3)cn2)OC1(C)C. The third-order valence-corrected chi connectivity index (χ3v) is 5.33. The fourth-order valence-corrected chi connectivity index (χ4v) is 2.89. The average Bonchev–Trinajstić information content (AvgIpc) is 3.07. The molecule has 24 heavy (non-hydrogen) atoms. The summed E-state index contributed by atoms with van der Waals surface area (Å²) in [5.74, 6) is 0.0870. The molecule has 0 amide bonds. The normalized spacial score (nSPS) is 19.4. The van der Waals surface area contributed by atoms with Crippen molar-refractivity contribution >= 4 is 23.0 Å². The molecule has 0 aromatic carbocycles. The fourth-order valence-electron chi connectivity index (χ4n) is 2.09. The molecule has 1 fully saturated rings.